The third kappa shape index (κ3) is 2.95. The summed E-state index contributed by atoms with van der Waals surface area (Å²) in [7, 11) is 3.45. The minimum atomic E-state index is 0.00315. The van der Waals surface area contributed by atoms with Gasteiger partial charge in [0.05, 0.1) is 25.9 Å². The van der Waals surface area contributed by atoms with Crippen molar-refractivity contribution in [1.82, 2.24) is 0 Å². The Kier molecular flexibility index (Phi) is 4.12. The fourth-order valence-corrected chi connectivity index (χ4v) is 1.36. The van der Waals surface area contributed by atoms with E-state index >= 15 is 0 Å². The number of benzene rings is 1. The number of methoxy groups -OCH3 is 1. The average Bonchev–Trinajstić information content (AvgIpc) is 2.28. The molecule has 0 saturated carbocycles. The summed E-state index contributed by atoms with van der Waals surface area (Å²) in [6, 6.07) is 7.56. The third-order valence-electron chi connectivity index (χ3n) is 2.14. The summed E-state index contributed by atoms with van der Waals surface area (Å²) in [5, 5.41) is 0. The fraction of sp³-hybridized carbons (Fsp3) is 0.364. The molecule has 1 rings (SSSR count). The first-order chi connectivity index (χ1) is 7.19. The van der Waals surface area contributed by atoms with E-state index in [2.05, 4.69) is 0 Å². The van der Waals surface area contributed by atoms with Crippen LogP contribution >= 0.6 is 0 Å². The first-order valence-corrected chi connectivity index (χ1v) is 4.75. The quantitative estimate of drug-likeness (QED) is 0.772. The summed E-state index contributed by atoms with van der Waals surface area (Å²) in [5.41, 5.74) is 6.15. The van der Waals surface area contributed by atoms with Gasteiger partial charge in [0, 0.05) is 7.05 Å². The zero-order valence-corrected chi connectivity index (χ0v) is 9.06. The second kappa shape index (κ2) is 5.36. The SMILES string of the molecule is COc1ccccc1N(C)CC(=O)CN. The largest absolute Gasteiger partial charge is 0.495 e. The van der Waals surface area contributed by atoms with Crippen molar-refractivity contribution >= 4 is 11.5 Å². The molecule has 4 nitrogen and oxygen atoms in total. The first kappa shape index (κ1) is 11.5. The highest BCUT2D eigenvalue weighted by Gasteiger charge is 2.09. The number of likely N-dealkylation sites (N-methyl/N-ethyl adjacent to an activating group) is 1. The molecule has 0 amide bonds. The molecule has 0 bridgehead atoms. The number of Topliss-reactive ketones (excluding diaryl/α,β-unsaturated/α-hetero) is 1. The lowest BCUT2D eigenvalue weighted by Crippen LogP contribution is -2.30. The van der Waals surface area contributed by atoms with Gasteiger partial charge in [-0.1, -0.05) is 12.1 Å². The molecule has 15 heavy (non-hydrogen) atoms. The molecule has 0 aliphatic rings. The maximum atomic E-state index is 11.2. The molecule has 1 aromatic rings. The van der Waals surface area contributed by atoms with E-state index in [0.29, 0.717) is 6.54 Å². The lowest BCUT2D eigenvalue weighted by Gasteiger charge is -2.20. The van der Waals surface area contributed by atoms with Crippen LogP contribution in [-0.4, -0.2) is 33.0 Å². The van der Waals surface area contributed by atoms with Crippen molar-refractivity contribution in [1.29, 1.82) is 0 Å². The van der Waals surface area contributed by atoms with Gasteiger partial charge in [0.25, 0.3) is 0 Å². The Morgan fingerprint density at radius 3 is 2.73 bits per heavy atom. The molecule has 0 saturated heterocycles. The van der Waals surface area contributed by atoms with Gasteiger partial charge >= 0.3 is 0 Å². The lowest BCUT2D eigenvalue weighted by atomic mass is 10.2. The molecule has 2 N–H and O–H groups in total. The van der Waals surface area contributed by atoms with Crippen LogP contribution < -0.4 is 15.4 Å². The van der Waals surface area contributed by atoms with Crippen LogP contribution in [0.25, 0.3) is 0 Å². The number of hydrogen-bond acceptors (Lipinski definition) is 4. The van der Waals surface area contributed by atoms with Crippen LogP contribution in [0, 0.1) is 0 Å². The van der Waals surface area contributed by atoms with Gasteiger partial charge in [0.15, 0.2) is 5.78 Å². The van der Waals surface area contributed by atoms with E-state index in [9.17, 15) is 4.79 Å². The van der Waals surface area contributed by atoms with Crippen LogP contribution in [0.15, 0.2) is 24.3 Å². The summed E-state index contributed by atoms with van der Waals surface area (Å²) in [6.45, 7) is 0.371. The summed E-state index contributed by atoms with van der Waals surface area (Å²) >= 11 is 0. The predicted octanol–water partition coefficient (Wildman–Crippen LogP) is 0.659. The molecule has 0 atom stereocenters. The Balaban J connectivity index is 2.80. The second-order valence-electron chi connectivity index (χ2n) is 3.27. The number of nitrogens with zero attached hydrogens (tertiary/aromatic N) is 1. The van der Waals surface area contributed by atoms with Gasteiger partial charge in [-0.2, -0.15) is 0 Å². The van der Waals surface area contributed by atoms with E-state index in [0.717, 1.165) is 11.4 Å². The van der Waals surface area contributed by atoms with E-state index in [-0.39, 0.29) is 12.3 Å². The smallest absolute Gasteiger partial charge is 0.165 e. The van der Waals surface area contributed by atoms with Gasteiger partial charge in [-0.15, -0.1) is 0 Å². The summed E-state index contributed by atoms with van der Waals surface area (Å²) < 4.78 is 5.20. The topological polar surface area (TPSA) is 55.6 Å². The van der Waals surface area contributed by atoms with Crippen molar-refractivity contribution in [2.45, 2.75) is 0 Å². The molecule has 4 heteroatoms. The maximum absolute atomic E-state index is 11.2. The number of hydrogen-bond donors (Lipinski definition) is 1. The number of nitrogens with two attached hydrogens (primary N) is 1. The molecule has 1 aromatic carbocycles. The Bertz CT molecular complexity index is 339. The Labute approximate surface area is 89.6 Å². The van der Waals surface area contributed by atoms with Crippen molar-refractivity contribution in [2.24, 2.45) is 5.73 Å². The Hall–Kier alpha value is -1.55. The normalized spacial score (nSPS) is 9.80. The van der Waals surface area contributed by atoms with Crippen LogP contribution in [-0.2, 0) is 4.79 Å². The molecule has 0 aliphatic heterocycles. The first-order valence-electron chi connectivity index (χ1n) is 4.75. The predicted molar refractivity (Wildman–Crippen MR) is 60.3 cm³/mol. The summed E-state index contributed by atoms with van der Waals surface area (Å²) in [4.78, 5) is 13.0. The van der Waals surface area contributed by atoms with Crippen molar-refractivity contribution in [2.75, 3.05) is 32.1 Å². The van der Waals surface area contributed by atoms with E-state index in [1.165, 1.54) is 0 Å². The monoisotopic (exact) mass is 208 g/mol. The summed E-state index contributed by atoms with van der Waals surface area (Å²) in [5.74, 6) is 0.758. The highest BCUT2D eigenvalue weighted by molar-refractivity contribution is 5.85. The van der Waals surface area contributed by atoms with Gasteiger partial charge in [-0.3, -0.25) is 4.79 Å². The van der Waals surface area contributed by atoms with Crippen molar-refractivity contribution in [3.8, 4) is 5.75 Å². The number of ether oxygens (including phenoxy) is 1. The van der Waals surface area contributed by atoms with Crippen LogP contribution in [0.3, 0.4) is 0 Å². The molecular weight excluding hydrogens is 192 g/mol. The zero-order chi connectivity index (χ0) is 11.3. The third-order valence-corrected chi connectivity index (χ3v) is 2.14. The summed E-state index contributed by atoms with van der Waals surface area (Å²) in [6.07, 6.45) is 0. The molecule has 0 aliphatic carbocycles. The number of para-hydroxylation sites is 2. The molecule has 0 radical (unpaired) electrons. The minimum absolute atomic E-state index is 0.00315. The van der Waals surface area contributed by atoms with Crippen LogP contribution in [0.5, 0.6) is 5.75 Å². The standard InChI is InChI=1S/C11H16N2O2/c1-13(8-9(14)7-12)10-5-3-4-6-11(10)15-2/h3-6H,7-8,12H2,1-2H3. The number of ketones is 1. The van der Waals surface area contributed by atoms with Gasteiger partial charge in [0.2, 0.25) is 0 Å². The molecule has 0 fully saturated rings. The molecule has 82 valence electrons. The Morgan fingerprint density at radius 1 is 1.47 bits per heavy atom. The van der Waals surface area contributed by atoms with Crippen molar-refractivity contribution in [3.05, 3.63) is 24.3 Å². The van der Waals surface area contributed by atoms with Crippen molar-refractivity contribution in [3.63, 3.8) is 0 Å². The molecule has 0 aromatic heterocycles. The lowest BCUT2D eigenvalue weighted by molar-refractivity contribution is -0.116. The number of carbonyl (C=O) groups is 1. The number of carbonyl (C=O) groups excluding carboxylic acids is 1. The van der Waals surface area contributed by atoms with E-state index in [1.807, 2.05) is 36.2 Å². The van der Waals surface area contributed by atoms with Crippen LogP contribution in [0.2, 0.25) is 0 Å². The second-order valence-corrected chi connectivity index (χ2v) is 3.27. The average molecular weight is 208 g/mol. The number of anilines is 1. The maximum Gasteiger partial charge on any atom is 0.165 e. The van der Waals surface area contributed by atoms with E-state index in [1.54, 1.807) is 7.11 Å². The van der Waals surface area contributed by atoms with Gasteiger partial charge < -0.3 is 15.4 Å². The fourth-order valence-electron chi connectivity index (χ4n) is 1.36. The van der Waals surface area contributed by atoms with Crippen molar-refractivity contribution < 1.29 is 9.53 Å². The van der Waals surface area contributed by atoms with E-state index in [4.69, 9.17) is 10.5 Å². The van der Waals surface area contributed by atoms with Gasteiger partial charge in [-0.05, 0) is 12.1 Å². The van der Waals surface area contributed by atoms with Gasteiger partial charge in [0.1, 0.15) is 5.75 Å². The zero-order valence-electron chi connectivity index (χ0n) is 9.06. The van der Waals surface area contributed by atoms with Crippen LogP contribution in [0.1, 0.15) is 0 Å². The van der Waals surface area contributed by atoms with Gasteiger partial charge in [-0.25, -0.2) is 0 Å². The highest BCUT2D eigenvalue weighted by atomic mass is 16.5. The Morgan fingerprint density at radius 2 is 2.13 bits per heavy atom. The minimum Gasteiger partial charge on any atom is -0.495 e. The molecule has 0 heterocycles. The molecule has 0 unspecified atom stereocenters. The highest BCUT2D eigenvalue weighted by Crippen LogP contribution is 2.26. The molecular formula is C11H16N2O2. The van der Waals surface area contributed by atoms with E-state index < -0.39 is 0 Å². The number of rotatable bonds is 5. The van der Waals surface area contributed by atoms with Crippen LogP contribution in [0.4, 0.5) is 5.69 Å². The molecule has 0 spiro atoms.